The molecule has 1 fully saturated rings. The average molecular weight is 274 g/mol. The highest BCUT2D eigenvalue weighted by Crippen LogP contribution is 2.21. The molecule has 0 radical (unpaired) electrons. The van der Waals surface area contributed by atoms with Gasteiger partial charge in [0.15, 0.2) is 0 Å². The molecule has 1 N–H and O–H groups in total. The second-order valence-corrected chi connectivity index (χ2v) is 5.31. The third-order valence-corrected chi connectivity index (χ3v) is 3.92. The Bertz CT molecular complexity index is 491. The summed E-state index contributed by atoms with van der Waals surface area (Å²) < 4.78 is 0. The first-order valence-corrected chi connectivity index (χ1v) is 7.26. The molecule has 0 aliphatic carbocycles. The fourth-order valence-corrected chi connectivity index (χ4v) is 2.56. The lowest BCUT2D eigenvalue weighted by molar-refractivity contribution is -0.134. The van der Waals surface area contributed by atoms with Gasteiger partial charge in [-0.25, -0.2) is 0 Å². The van der Waals surface area contributed by atoms with Crippen LogP contribution in [0.5, 0.6) is 0 Å². The van der Waals surface area contributed by atoms with Crippen LogP contribution in [0.1, 0.15) is 31.7 Å². The predicted molar refractivity (Wildman–Crippen MR) is 79.4 cm³/mol. The minimum Gasteiger partial charge on any atom is -0.343 e. The lowest BCUT2D eigenvalue weighted by atomic mass is 9.95. The van der Waals surface area contributed by atoms with Crippen molar-refractivity contribution in [1.29, 1.82) is 0 Å². The maximum Gasteiger partial charge on any atom is 0.227 e. The number of nitrogens with zero attached hydrogens (tertiary/aromatic N) is 1. The lowest BCUT2D eigenvalue weighted by Gasteiger charge is -2.31. The number of hydrogen-bond acceptors (Lipinski definition) is 2. The topological polar surface area (TPSA) is 49.4 Å². The first-order chi connectivity index (χ1) is 9.61. The van der Waals surface area contributed by atoms with E-state index in [1.165, 1.54) is 0 Å². The third-order valence-electron chi connectivity index (χ3n) is 3.92. The quantitative estimate of drug-likeness (QED) is 0.921. The summed E-state index contributed by atoms with van der Waals surface area (Å²) in [6, 6.07) is 7.78. The number of carbonyl (C=O) groups excluding carboxylic acids is 2. The van der Waals surface area contributed by atoms with E-state index in [0.717, 1.165) is 24.1 Å². The normalized spacial score (nSPS) is 16.0. The summed E-state index contributed by atoms with van der Waals surface area (Å²) >= 11 is 0. The third kappa shape index (κ3) is 3.38. The fraction of sp³-hybridized carbons (Fsp3) is 0.500. The Morgan fingerprint density at radius 2 is 1.90 bits per heavy atom. The molecule has 1 aromatic rings. The number of piperidine rings is 1. The average Bonchev–Trinajstić information content (AvgIpc) is 2.49. The van der Waals surface area contributed by atoms with E-state index >= 15 is 0 Å². The van der Waals surface area contributed by atoms with Gasteiger partial charge in [0, 0.05) is 31.1 Å². The van der Waals surface area contributed by atoms with E-state index in [4.69, 9.17) is 0 Å². The molecular formula is C16H22N2O2. The van der Waals surface area contributed by atoms with Crippen molar-refractivity contribution >= 4 is 17.5 Å². The molecule has 0 aromatic heterocycles. The first-order valence-electron chi connectivity index (χ1n) is 7.26. The number of rotatable bonds is 3. The Morgan fingerprint density at radius 1 is 1.25 bits per heavy atom. The zero-order valence-corrected chi connectivity index (χ0v) is 12.2. The first kappa shape index (κ1) is 14.6. The van der Waals surface area contributed by atoms with Crippen molar-refractivity contribution in [2.75, 3.05) is 18.4 Å². The van der Waals surface area contributed by atoms with Crippen LogP contribution in [0, 0.1) is 12.8 Å². The molecule has 0 saturated carbocycles. The highest BCUT2D eigenvalue weighted by molar-refractivity contribution is 5.93. The Labute approximate surface area is 120 Å². The molecule has 0 atom stereocenters. The molecular weight excluding hydrogens is 252 g/mol. The van der Waals surface area contributed by atoms with Crippen LogP contribution in [0.15, 0.2) is 24.3 Å². The molecule has 1 saturated heterocycles. The van der Waals surface area contributed by atoms with Crippen LogP contribution in [0.25, 0.3) is 0 Å². The highest BCUT2D eigenvalue weighted by atomic mass is 16.2. The van der Waals surface area contributed by atoms with Gasteiger partial charge < -0.3 is 10.2 Å². The van der Waals surface area contributed by atoms with E-state index in [0.29, 0.717) is 19.5 Å². The number of benzene rings is 1. The number of hydrogen-bond donors (Lipinski definition) is 1. The molecule has 1 heterocycles. The van der Waals surface area contributed by atoms with Crippen molar-refractivity contribution in [2.45, 2.75) is 33.1 Å². The maximum atomic E-state index is 12.3. The van der Waals surface area contributed by atoms with Gasteiger partial charge in [-0.2, -0.15) is 0 Å². The van der Waals surface area contributed by atoms with Gasteiger partial charge >= 0.3 is 0 Å². The van der Waals surface area contributed by atoms with Crippen molar-refractivity contribution in [2.24, 2.45) is 5.92 Å². The largest absolute Gasteiger partial charge is 0.343 e. The molecule has 20 heavy (non-hydrogen) atoms. The van der Waals surface area contributed by atoms with Gasteiger partial charge in [0.25, 0.3) is 0 Å². The zero-order chi connectivity index (χ0) is 14.5. The molecule has 2 rings (SSSR count). The number of carbonyl (C=O) groups is 2. The number of amides is 2. The van der Waals surface area contributed by atoms with Crippen LogP contribution >= 0.6 is 0 Å². The smallest absolute Gasteiger partial charge is 0.227 e. The van der Waals surface area contributed by atoms with Gasteiger partial charge in [0.1, 0.15) is 0 Å². The van der Waals surface area contributed by atoms with E-state index < -0.39 is 0 Å². The zero-order valence-electron chi connectivity index (χ0n) is 12.2. The van der Waals surface area contributed by atoms with Gasteiger partial charge in [-0.1, -0.05) is 25.1 Å². The van der Waals surface area contributed by atoms with E-state index in [-0.39, 0.29) is 17.7 Å². The van der Waals surface area contributed by atoms with E-state index in [9.17, 15) is 9.59 Å². The van der Waals surface area contributed by atoms with Crippen LogP contribution in [-0.4, -0.2) is 29.8 Å². The van der Waals surface area contributed by atoms with Crippen molar-refractivity contribution in [1.82, 2.24) is 4.90 Å². The summed E-state index contributed by atoms with van der Waals surface area (Å²) in [4.78, 5) is 25.7. The second kappa shape index (κ2) is 6.55. The van der Waals surface area contributed by atoms with E-state index in [2.05, 4.69) is 5.32 Å². The number of aryl methyl sites for hydroxylation is 1. The minimum atomic E-state index is 0.00973. The minimum absolute atomic E-state index is 0.00973. The molecule has 4 nitrogen and oxygen atoms in total. The molecule has 0 spiro atoms. The Balaban J connectivity index is 1.89. The van der Waals surface area contributed by atoms with Crippen LogP contribution in [-0.2, 0) is 9.59 Å². The van der Waals surface area contributed by atoms with E-state index in [1.54, 1.807) is 0 Å². The highest BCUT2D eigenvalue weighted by Gasteiger charge is 2.26. The van der Waals surface area contributed by atoms with Gasteiger partial charge in [0.05, 0.1) is 0 Å². The fourth-order valence-electron chi connectivity index (χ4n) is 2.56. The van der Waals surface area contributed by atoms with Crippen molar-refractivity contribution in [3.8, 4) is 0 Å². The standard InChI is InChI=1S/C16H22N2O2/c1-3-15(19)18-10-8-13(9-11-18)16(20)17-14-7-5-4-6-12(14)2/h4-7,13H,3,8-11H2,1-2H3,(H,17,20). The Kier molecular flexibility index (Phi) is 4.77. The van der Waals surface area contributed by atoms with Gasteiger partial charge in [-0.05, 0) is 31.4 Å². The van der Waals surface area contributed by atoms with E-state index in [1.807, 2.05) is 43.0 Å². The number of likely N-dealkylation sites (tertiary alicyclic amines) is 1. The summed E-state index contributed by atoms with van der Waals surface area (Å²) in [5.74, 6) is 0.265. The van der Waals surface area contributed by atoms with Crippen molar-refractivity contribution in [3.63, 3.8) is 0 Å². The lowest BCUT2D eigenvalue weighted by Crippen LogP contribution is -2.41. The summed E-state index contributed by atoms with van der Waals surface area (Å²) in [5, 5.41) is 3.00. The monoisotopic (exact) mass is 274 g/mol. The predicted octanol–water partition coefficient (Wildman–Crippen LogP) is 2.58. The van der Waals surface area contributed by atoms with Crippen LogP contribution in [0.3, 0.4) is 0 Å². The molecule has 1 aliphatic heterocycles. The molecule has 1 aromatic carbocycles. The van der Waals surface area contributed by atoms with Gasteiger partial charge in [-0.15, -0.1) is 0 Å². The number of nitrogens with one attached hydrogen (secondary N) is 1. The van der Waals surface area contributed by atoms with Crippen molar-refractivity contribution < 1.29 is 9.59 Å². The molecule has 0 unspecified atom stereocenters. The molecule has 1 aliphatic rings. The molecule has 2 amide bonds. The van der Waals surface area contributed by atoms with Gasteiger partial charge in [0.2, 0.25) is 11.8 Å². The van der Waals surface area contributed by atoms with Crippen LogP contribution < -0.4 is 5.32 Å². The summed E-state index contributed by atoms with van der Waals surface area (Å²) in [6.45, 7) is 5.24. The Morgan fingerprint density at radius 3 is 2.50 bits per heavy atom. The van der Waals surface area contributed by atoms with Gasteiger partial charge in [-0.3, -0.25) is 9.59 Å². The maximum absolute atomic E-state index is 12.3. The number of para-hydroxylation sites is 1. The molecule has 108 valence electrons. The van der Waals surface area contributed by atoms with Crippen LogP contribution in [0.4, 0.5) is 5.69 Å². The second-order valence-electron chi connectivity index (χ2n) is 5.31. The summed E-state index contributed by atoms with van der Waals surface area (Å²) in [6.07, 6.45) is 2.05. The summed E-state index contributed by atoms with van der Waals surface area (Å²) in [7, 11) is 0. The SMILES string of the molecule is CCC(=O)N1CCC(C(=O)Nc2ccccc2C)CC1. The van der Waals surface area contributed by atoms with Crippen molar-refractivity contribution in [3.05, 3.63) is 29.8 Å². The summed E-state index contributed by atoms with van der Waals surface area (Å²) in [5.41, 5.74) is 1.95. The number of anilines is 1. The molecule has 4 heteroatoms. The molecule has 0 bridgehead atoms. The Hall–Kier alpha value is -1.84. The van der Waals surface area contributed by atoms with Crippen LogP contribution in [0.2, 0.25) is 0 Å².